The van der Waals surface area contributed by atoms with Crippen LogP contribution in [0.3, 0.4) is 0 Å². The average Bonchev–Trinajstić information content (AvgIpc) is 2.87. The Morgan fingerprint density at radius 3 is 2.61 bits per heavy atom. The molecule has 0 amide bonds. The van der Waals surface area contributed by atoms with Gasteiger partial charge in [-0.1, -0.05) is 20.8 Å². The maximum absolute atomic E-state index is 10.1. The first-order valence-corrected chi connectivity index (χ1v) is 7.91. The lowest BCUT2D eigenvalue weighted by molar-refractivity contribution is 0.175. The number of aliphatic hydroxyl groups is 1. The second-order valence-corrected chi connectivity index (χ2v) is 7.29. The molecule has 98 valence electrons. The van der Waals surface area contributed by atoms with Crippen LogP contribution in [0.1, 0.15) is 37.0 Å². The molecule has 2 nitrogen and oxygen atoms in total. The predicted octanol–water partition coefficient (Wildman–Crippen LogP) is 3.65. The minimum atomic E-state index is -0.335. The highest BCUT2D eigenvalue weighted by Gasteiger charge is 2.18. The molecule has 0 bridgehead atoms. The van der Waals surface area contributed by atoms with Gasteiger partial charge in [0.15, 0.2) is 0 Å². The molecule has 18 heavy (non-hydrogen) atoms. The quantitative estimate of drug-likeness (QED) is 0.928. The average molecular weight is 281 g/mol. The second kappa shape index (κ2) is 5.51. The summed E-state index contributed by atoms with van der Waals surface area (Å²) in [6.45, 7) is 6.48. The van der Waals surface area contributed by atoms with E-state index in [0.29, 0.717) is 12.8 Å². The Morgan fingerprint density at radius 2 is 2.06 bits per heavy atom. The molecule has 2 heterocycles. The standard InChI is InChI=1S/C14H19NOS2/c1-14(2,3)12-9-18-13(15-12)7-11(16)6-10-4-5-17-8-10/h4-5,8-9,11,16H,6-7H2,1-3H3. The Morgan fingerprint density at radius 1 is 1.28 bits per heavy atom. The van der Waals surface area contributed by atoms with Crippen molar-refractivity contribution in [2.45, 2.75) is 45.1 Å². The normalized spacial score (nSPS) is 13.8. The molecule has 2 rings (SSSR count). The molecule has 4 heteroatoms. The summed E-state index contributed by atoms with van der Waals surface area (Å²) in [4.78, 5) is 4.61. The van der Waals surface area contributed by atoms with Crippen molar-refractivity contribution in [2.24, 2.45) is 0 Å². The zero-order valence-corrected chi connectivity index (χ0v) is 12.6. The number of hydrogen-bond donors (Lipinski definition) is 1. The van der Waals surface area contributed by atoms with Gasteiger partial charge >= 0.3 is 0 Å². The molecular formula is C14H19NOS2. The Bertz CT molecular complexity index is 482. The monoisotopic (exact) mass is 281 g/mol. The van der Waals surface area contributed by atoms with E-state index in [0.717, 1.165) is 10.7 Å². The Kier molecular flexibility index (Phi) is 4.20. The highest BCUT2D eigenvalue weighted by molar-refractivity contribution is 7.09. The maximum atomic E-state index is 10.1. The molecule has 0 aromatic carbocycles. The molecule has 1 unspecified atom stereocenters. The number of aliphatic hydroxyl groups excluding tert-OH is 1. The SMILES string of the molecule is CC(C)(C)c1csc(CC(O)Cc2ccsc2)n1. The Balaban J connectivity index is 1.95. The molecule has 0 aliphatic rings. The molecule has 0 saturated carbocycles. The summed E-state index contributed by atoms with van der Waals surface area (Å²) in [6.07, 6.45) is 1.03. The molecular weight excluding hydrogens is 262 g/mol. The largest absolute Gasteiger partial charge is 0.392 e. The zero-order valence-electron chi connectivity index (χ0n) is 11.0. The fourth-order valence-electron chi connectivity index (χ4n) is 1.70. The smallest absolute Gasteiger partial charge is 0.0954 e. The van der Waals surface area contributed by atoms with Gasteiger partial charge in [0, 0.05) is 17.2 Å². The van der Waals surface area contributed by atoms with Crippen molar-refractivity contribution in [2.75, 3.05) is 0 Å². The Hall–Kier alpha value is -0.710. The number of thiophene rings is 1. The molecule has 0 radical (unpaired) electrons. The van der Waals surface area contributed by atoms with E-state index in [1.807, 2.05) is 5.38 Å². The lowest BCUT2D eigenvalue weighted by Gasteiger charge is -2.14. The van der Waals surface area contributed by atoms with Gasteiger partial charge in [-0.15, -0.1) is 11.3 Å². The number of hydrogen-bond acceptors (Lipinski definition) is 4. The predicted molar refractivity (Wildman–Crippen MR) is 78.5 cm³/mol. The summed E-state index contributed by atoms with van der Waals surface area (Å²) in [5, 5.41) is 17.3. The van der Waals surface area contributed by atoms with Crippen LogP contribution in [-0.2, 0) is 18.3 Å². The molecule has 0 spiro atoms. The van der Waals surface area contributed by atoms with Crippen LogP contribution in [0.15, 0.2) is 22.2 Å². The van der Waals surface area contributed by atoms with Crippen molar-refractivity contribution in [1.29, 1.82) is 0 Å². The van der Waals surface area contributed by atoms with E-state index in [2.05, 4.69) is 42.6 Å². The molecule has 1 atom stereocenters. The van der Waals surface area contributed by atoms with Gasteiger partial charge in [-0.05, 0) is 28.8 Å². The summed E-state index contributed by atoms with van der Waals surface area (Å²) in [5.41, 5.74) is 2.41. The van der Waals surface area contributed by atoms with Gasteiger partial charge in [0.1, 0.15) is 0 Å². The maximum Gasteiger partial charge on any atom is 0.0954 e. The first-order valence-electron chi connectivity index (χ1n) is 6.09. The topological polar surface area (TPSA) is 33.1 Å². The van der Waals surface area contributed by atoms with Gasteiger partial charge in [0.25, 0.3) is 0 Å². The van der Waals surface area contributed by atoms with Gasteiger partial charge < -0.3 is 5.11 Å². The third kappa shape index (κ3) is 3.64. The minimum Gasteiger partial charge on any atom is -0.392 e. The van der Waals surface area contributed by atoms with E-state index in [1.165, 1.54) is 5.56 Å². The van der Waals surface area contributed by atoms with Gasteiger partial charge in [0.05, 0.1) is 16.8 Å². The van der Waals surface area contributed by atoms with Gasteiger partial charge in [-0.2, -0.15) is 11.3 Å². The van der Waals surface area contributed by atoms with Crippen molar-refractivity contribution in [3.05, 3.63) is 38.5 Å². The molecule has 1 N–H and O–H groups in total. The number of thiazole rings is 1. The van der Waals surface area contributed by atoms with E-state index < -0.39 is 0 Å². The fraction of sp³-hybridized carbons (Fsp3) is 0.500. The number of aromatic nitrogens is 1. The van der Waals surface area contributed by atoms with E-state index in [-0.39, 0.29) is 11.5 Å². The van der Waals surface area contributed by atoms with Crippen LogP contribution in [-0.4, -0.2) is 16.2 Å². The summed E-state index contributed by atoms with van der Waals surface area (Å²) < 4.78 is 0. The molecule has 0 saturated heterocycles. The van der Waals surface area contributed by atoms with Gasteiger partial charge in [-0.3, -0.25) is 0 Å². The van der Waals surface area contributed by atoms with E-state index >= 15 is 0 Å². The fourth-order valence-corrected chi connectivity index (χ4v) is 3.48. The highest BCUT2D eigenvalue weighted by atomic mass is 32.1. The Labute approximate surface area is 116 Å². The molecule has 2 aromatic heterocycles. The molecule has 2 aromatic rings. The van der Waals surface area contributed by atoms with Crippen LogP contribution < -0.4 is 0 Å². The van der Waals surface area contributed by atoms with E-state index in [4.69, 9.17) is 0 Å². The first-order chi connectivity index (χ1) is 8.45. The third-order valence-electron chi connectivity index (χ3n) is 2.78. The summed E-state index contributed by atoms with van der Waals surface area (Å²) in [6, 6.07) is 2.07. The third-order valence-corrected chi connectivity index (χ3v) is 4.39. The summed E-state index contributed by atoms with van der Waals surface area (Å²) in [7, 11) is 0. The zero-order chi connectivity index (χ0) is 13.2. The second-order valence-electron chi connectivity index (χ2n) is 5.57. The van der Waals surface area contributed by atoms with Crippen LogP contribution >= 0.6 is 22.7 Å². The number of rotatable bonds is 4. The van der Waals surface area contributed by atoms with E-state index in [1.54, 1.807) is 22.7 Å². The van der Waals surface area contributed by atoms with Crippen molar-refractivity contribution in [1.82, 2.24) is 4.98 Å². The molecule has 0 aliphatic heterocycles. The lowest BCUT2D eigenvalue weighted by Crippen LogP contribution is -2.15. The molecule has 0 aliphatic carbocycles. The minimum absolute atomic E-state index is 0.0903. The molecule has 0 fully saturated rings. The first kappa shape index (κ1) is 13.7. The highest BCUT2D eigenvalue weighted by Crippen LogP contribution is 2.24. The van der Waals surface area contributed by atoms with Crippen LogP contribution in [0.4, 0.5) is 0 Å². The van der Waals surface area contributed by atoms with Gasteiger partial charge in [0.2, 0.25) is 0 Å². The van der Waals surface area contributed by atoms with Crippen LogP contribution in [0.25, 0.3) is 0 Å². The lowest BCUT2D eigenvalue weighted by atomic mass is 9.93. The summed E-state index contributed by atoms with van der Waals surface area (Å²) in [5.74, 6) is 0. The van der Waals surface area contributed by atoms with Crippen LogP contribution in [0, 0.1) is 0 Å². The van der Waals surface area contributed by atoms with Crippen molar-refractivity contribution < 1.29 is 5.11 Å². The van der Waals surface area contributed by atoms with Crippen molar-refractivity contribution in [3.8, 4) is 0 Å². The van der Waals surface area contributed by atoms with Gasteiger partial charge in [-0.25, -0.2) is 4.98 Å². The summed E-state index contributed by atoms with van der Waals surface area (Å²) >= 11 is 3.32. The van der Waals surface area contributed by atoms with Crippen LogP contribution in [0.5, 0.6) is 0 Å². The van der Waals surface area contributed by atoms with Crippen LogP contribution in [0.2, 0.25) is 0 Å². The number of nitrogens with zero attached hydrogens (tertiary/aromatic N) is 1. The van der Waals surface area contributed by atoms with E-state index in [9.17, 15) is 5.11 Å². The van der Waals surface area contributed by atoms with Crippen molar-refractivity contribution in [3.63, 3.8) is 0 Å². The van der Waals surface area contributed by atoms with Crippen molar-refractivity contribution >= 4 is 22.7 Å².